The normalized spacial score (nSPS) is 24.1. The zero-order valence-corrected chi connectivity index (χ0v) is 21.2. The van der Waals surface area contributed by atoms with Gasteiger partial charge in [-0.1, -0.05) is 79.0 Å². The van der Waals surface area contributed by atoms with E-state index < -0.39 is 0 Å². The van der Waals surface area contributed by atoms with Crippen LogP contribution in [0.4, 0.5) is 5.69 Å². The van der Waals surface area contributed by atoms with Gasteiger partial charge in [0.1, 0.15) is 11.5 Å². The zero-order valence-electron chi connectivity index (χ0n) is 18.8. The highest BCUT2D eigenvalue weighted by molar-refractivity contribution is 8.05. The van der Waals surface area contributed by atoms with E-state index in [0.717, 1.165) is 30.5 Å². The third kappa shape index (κ3) is 4.74. The fourth-order valence-corrected chi connectivity index (χ4v) is 6.35. The Labute approximate surface area is 214 Å². The van der Waals surface area contributed by atoms with Crippen molar-refractivity contribution in [3.05, 3.63) is 81.4 Å². The quantitative estimate of drug-likeness (QED) is 0.350. The molecule has 7 heteroatoms. The van der Waals surface area contributed by atoms with E-state index in [1.807, 2.05) is 65.6 Å². The standard InChI is InChI=1S/C27H26Cl2N2O2S/c1-17-8-5-6-13-22(17)31-26(32)24(34-27(31)30-18-9-3-2-4-10-18)16-19-14-15-23(33-19)20-11-7-12-21(28)25(20)29/h2-4,7,9-12,14-17,22,27,30H,5-6,8,13H2,1H3/b24-16-/t17-,22-,27?/m0/s1. The largest absolute Gasteiger partial charge is 0.457 e. The molecule has 1 amide bonds. The van der Waals surface area contributed by atoms with Gasteiger partial charge in [0, 0.05) is 23.4 Å². The maximum Gasteiger partial charge on any atom is 0.263 e. The number of carbonyl (C=O) groups is 1. The average molecular weight is 513 g/mol. The van der Waals surface area contributed by atoms with Gasteiger partial charge in [0.15, 0.2) is 5.50 Å². The molecule has 4 nitrogen and oxygen atoms in total. The zero-order chi connectivity index (χ0) is 23.7. The lowest BCUT2D eigenvalue weighted by molar-refractivity contribution is -0.129. The molecule has 2 aliphatic rings. The molecule has 1 saturated heterocycles. The van der Waals surface area contributed by atoms with Gasteiger partial charge in [0.2, 0.25) is 0 Å². The van der Waals surface area contributed by atoms with Crippen molar-refractivity contribution in [3.63, 3.8) is 0 Å². The van der Waals surface area contributed by atoms with Crippen molar-refractivity contribution >= 4 is 52.6 Å². The molecule has 0 radical (unpaired) electrons. The molecule has 3 atom stereocenters. The summed E-state index contributed by atoms with van der Waals surface area (Å²) in [5, 5.41) is 4.49. The van der Waals surface area contributed by atoms with Crippen LogP contribution >= 0.6 is 35.0 Å². The van der Waals surface area contributed by atoms with Gasteiger partial charge in [-0.2, -0.15) is 0 Å². The lowest BCUT2D eigenvalue weighted by atomic mass is 9.85. The first-order valence-electron chi connectivity index (χ1n) is 11.6. The highest BCUT2D eigenvalue weighted by Crippen LogP contribution is 2.42. The molecule has 1 aliphatic carbocycles. The summed E-state index contributed by atoms with van der Waals surface area (Å²) in [5.41, 5.74) is 1.56. The summed E-state index contributed by atoms with van der Waals surface area (Å²) in [5.74, 6) is 1.75. The summed E-state index contributed by atoms with van der Waals surface area (Å²) < 4.78 is 6.05. The summed E-state index contributed by atoms with van der Waals surface area (Å²) in [6.45, 7) is 2.26. The molecule has 2 heterocycles. The fourth-order valence-electron chi connectivity index (χ4n) is 4.77. The second-order valence-electron chi connectivity index (χ2n) is 8.83. The molecule has 3 aromatic rings. The number of hydrogen-bond donors (Lipinski definition) is 1. The smallest absolute Gasteiger partial charge is 0.263 e. The number of anilines is 1. The SMILES string of the molecule is C[C@H]1CCCC[C@@H]1N1C(=O)/C(=C/c2ccc(-c3cccc(Cl)c3Cl)o2)SC1Nc1ccccc1. The van der Waals surface area contributed by atoms with Crippen LogP contribution in [0.3, 0.4) is 0 Å². The van der Waals surface area contributed by atoms with Crippen LogP contribution in [0.15, 0.2) is 70.0 Å². The first kappa shape index (κ1) is 23.4. The van der Waals surface area contributed by atoms with Crippen molar-refractivity contribution < 1.29 is 9.21 Å². The van der Waals surface area contributed by atoms with E-state index in [4.69, 9.17) is 27.6 Å². The van der Waals surface area contributed by atoms with Gasteiger partial charge in [0.05, 0.1) is 15.0 Å². The number of carbonyl (C=O) groups excluding carboxylic acids is 1. The van der Waals surface area contributed by atoms with Crippen LogP contribution in [-0.4, -0.2) is 22.3 Å². The van der Waals surface area contributed by atoms with E-state index in [9.17, 15) is 4.79 Å². The van der Waals surface area contributed by atoms with Crippen molar-refractivity contribution in [2.24, 2.45) is 5.92 Å². The lowest BCUT2D eigenvalue weighted by Crippen LogP contribution is -2.48. The van der Waals surface area contributed by atoms with Crippen molar-refractivity contribution in [1.82, 2.24) is 4.90 Å². The molecule has 2 aromatic carbocycles. The van der Waals surface area contributed by atoms with Crippen LogP contribution in [0, 0.1) is 5.92 Å². The minimum absolute atomic E-state index is 0.0518. The number of nitrogens with zero attached hydrogens (tertiary/aromatic N) is 1. The number of rotatable bonds is 5. The number of furan rings is 1. The number of thioether (sulfide) groups is 1. The first-order chi connectivity index (χ1) is 16.5. The molecule has 34 heavy (non-hydrogen) atoms. The molecule has 176 valence electrons. The van der Waals surface area contributed by atoms with E-state index in [2.05, 4.69) is 12.2 Å². The third-order valence-corrected chi connectivity index (χ3v) is 8.47. The van der Waals surface area contributed by atoms with E-state index in [-0.39, 0.29) is 17.4 Å². The predicted octanol–water partition coefficient (Wildman–Crippen LogP) is 8.14. The highest BCUT2D eigenvalue weighted by Gasteiger charge is 2.43. The van der Waals surface area contributed by atoms with E-state index in [1.54, 1.807) is 17.8 Å². The van der Waals surface area contributed by atoms with Crippen molar-refractivity contribution in [1.29, 1.82) is 0 Å². The Morgan fingerprint density at radius 1 is 1.03 bits per heavy atom. The van der Waals surface area contributed by atoms with E-state index in [1.165, 1.54) is 6.42 Å². The molecule has 1 N–H and O–H groups in total. The molecular formula is C27H26Cl2N2O2S. The molecule has 0 spiro atoms. The number of halogens is 2. The monoisotopic (exact) mass is 512 g/mol. The van der Waals surface area contributed by atoms with Gasteiger partial charge in [-0.15, -0.1) is 0 Å². The Bertz CT molecular complexity index is 1210. The van der Waals surface area contributed by atoms with Crippen LogP contribution in [0.5, 0.6) is 0 Å². The molecular weight excluding hydrogens is 487 g/mol. The first-order valence-corrected chi connectivity index (χ1v) is 13.2. The van der Waals surface area contributed by atoms with Gasteiger partial charge < -0.3 is 14.6 Å². The molecule has 1 saturated carbocycles. The Kier molecular flexibility index (Phi) is 6.96. The average Bonchev–Trinajstić information content (AvgIpc) is 3.42. The summed E-state index contributed by atoms with van der Waals surface area (Å²) in [6.07, 6.45) is 6.40. The minimum Gasteiger partial charge on any atom is -0.457 e. The van der Waals surface area contributed by atoms with Gasteiger partial charge in [-0.05, 0) is 55.2 Å². The van der Waals surface area contributed by atoms with Crippen LogP contribution in [0.1, 0.15) is 38.4 Å². The van der Waals surface area contributed by atoms with Gasteiger partial charge in [0.25, 0.3) is 5.91 Å². The van der Waals surface area contributed by atoms with Crippen molar-refractivity contribution in [2.75, 3.05) is 5.32 Å². The maximum atomic E-state index is 13.6. The summed E-state index contributed by atoms with van der Waals surface area (Å²) in [6, 6.07) is 19.4. The van der Waals surface area contributed by atoms with Crippen LogP contribution in [0.25, 0.3) is 17.4 Å². The van der Waals surface area contributed by atoms with Crippen LogP contribution in [-0.2, 0) is 4.79 Å². The number of benzene rings is 2. The van der Waals surface area contributed by atoms with Crippen molar-refractivity contribution in [2.45, 2.75) is 44.1 Å². The Morgan fingerprint density at radius 3 is 2.62 bits per heavy atom. The van der Waals surface area contributed by atoms with E-state index >= 15 is 0 Å². The Morgan fingerprint density at radius 2 is 1.82 bits per heavy atom. The number of hydrogen-bond acceptors (Lipinski definition) is 4. The summed E-state index contributed by atoms with van der Waals surface area (Å²) >= 11 is 14.1. The number of para-hydroxylation sites is 1. The van der Waals surface area contributed by atoms with Crippen LogP contribution in [0.2, 0.25) is 10.0 Å². The molecule has 5 rings (SSSR count). The lowest BCUT2D eigenvalue weighted by Gasteiger charge is -2.39. The molecule has 1 aromatic heterocycles. The minimum atomic E-state index is -0.163. The van der Waals surface area contributed by atoms with Gasteiger partial charge in [-0.3, -0.25) is 4.79 Å². The van der Waals surface area contributed by atoms with Crippen LogP contribution < -0.4 is 5.32 Å². The molecule has 1 unspecified atom stereocenters. The molecule has 1 aliphatic heterocycles. The maximum absolute atomic E-state index is 13.6. The third-order valence-electron chi connectivity index (χ3n) is 6.54. The number of nitrogens with one attached hydrogen (secondary N) is 1. The summed E-state index contributed by atoms with van der Waals surface area (Å²) in [7, 11) is 0. The Hall–Kier alpha value is -2.34. The Balaban J connectivity index is 1.44. The highest BCUT2D eigenvalue weighted by atomic mass is 35.5. The van der Waals surface area contributed by atoms with Gasteiger partial charge in [-0.25, -0.2) is 0 Å². The van der Waals surface area contributed by atoms with E-state index in [0.29, 0.717) is 32.4 Å². The molecule has 2 fully saturated rings. The summed E-state index contributed by atoms with van der Waals surface area (Å²) in [4.78, 5) is 16.4. The predicted molar refractivity (Wildman–Crippen MR) is 142 cm³/mol. The topological polar surface area (TPSA) is 45.5 Å². The second-order valence-corrected chi connectivity index (χ2v) is 10.7. The number of amides is 1. The fraction of sp³-hybridized carbons (Fsp3) is 0.296. The second kappa shape index (κ2) is 10.1. The molecule has 0 bridgehead atoms. The van der Waals surface area contributed by atoms with Gasteiger partial charge >= 0.3 is 0 Å². The van der Waals surface area contributed by atoms with Crippen molar-refractivity contribution in [3.8, 4) is 11.3 Å².